The Morgan fingerprint density at radius 1 is 0.600 bits per heavy atom. The molecule has 170 valence electrons. The lowest BCUT2D eigenvalue weighted by Crippen LogP contribution is -2.09. The summed E-state index contributed by atoms with van der Waals surface area (Å²) in [5.74, 6) is 0. The minimum atomic E-state index is 1.01. The SMILES string of the molecule is Cc1ccc(-c2ccccc2Nc2ccc(/C=N/N(c3ccccc3)c3ccccc3)cc2)cc1. The van der Waals surface area contributed by atoms with Crippen LogP contribution in [0.15, 0.2) is 139 Å². The minimum absolute atomic E-state index is 1.01. The number of anilines is 4. The molecule has 0 saturated heterocycles. The first-order valence-corrected chi connectivity index (χ1v) is 11.7. The van der Waals surface area contributed by atoms with Crippen LogP contribution in [0.1, 0.15) is 11.1 Å². The third kappa shape index (κ3) is 5.48. The Morgan fingerprint density at radius 3 is 1.80 bits per heavy atom. The second-order valence-electron chi connectivity index (χ2n) is 8.39. The van der Waals surface area contributed by atoms with Crippen molar-refractivity contribution in [2.75, 3.05) is 10.3 Å². The van der Waals surface area contributed by atoms with Gasteiger partial charge in [0.25, 0.3) is 0 Å². The number of nitrogens with zero attached hydrogens (tertiary/aromatic N) is 2. The lowest BCUT2D eigenvalue weighted by molar-refractivity contribution is 1.09. The number of benzene rings is 5. The predicted octanol–water partition coefficient (Wildman–Crippen LogP) is 8.58. The molecule has 0 atom stereocenters. The van der Waals surface area contributed by atoms with Gasteiger partial charge in [-0.2, -0.15) is 5.10 Å². The number of para-hydroxylation sites is 3. The smallest absolute Gasteiger partial charge is 0.0652 e. The van der Waals surface area contributed by atoms with Gasteiger partial charge < -0.3 is 5.32 Å². The highest BCUT2D eigenvalue weighted by atomic mass is 15.5. The van der Waals surface area contributed by atoms with E-state index in [4.69, 9.17) is 5.10 Å². The van der Waals surface area contributed by atoms with E-state index in [0.29, 0.717) is 0 Å². The molecule has 0 heterocycles. The Bertz CT molecular complexity index is 1350. The lowest BCUT2D eigenvalue weighted by atomic mass is 10.0. The van der Waals surface area contributed by atoms with Crippen LogP contribution in [0.25, 0.3) is 11.1 Å². The highest BCUT2D eigenvalue weighted by Gasteiger charge is 2.07. The molecule has 5 aromatic rings. The molecule has 0 aliphatic heterocycles. The van der Waals surface area contributed by atoms with Gasteiger partial charge in [0, 0.05) is 16.9 Å². The third-order valence-corrected chi connectivity index (χ3v) is 5.80. The average Bonchev–Trinajstić information content (AvgIpc) is 2.92. The van der Waals surface area contributed by atoms with E-state index in [-0.39, 0.29) is 0 Å². The molecule has 0 aliphatic carbocycles. The van der Waals surface area contributed by atoms with Gasteiger partial charge in [-0.3, -0.25) is 0 Å². The first kappa shape index (κ1) is 22.2. The Labute approximate surface area is 207 Å². The Hall–Kier alpha value is -4.63. The van der Waals surface area contributed by atoms with Gasteiger partial charge in [-0.25, -0.2) is 5.01 Å². The zero-order valence-electron chi connectivity index (χ0n) is 19.7. The van der Waals surface area contributed by atoms with Gasteiger partial charge in [-0.1, -0.05) is 96.6 Å². The molecule has 1 N–H and O–H groups in total. The molecule has 0 aromatic heterocycles. The van der Waals surface area contributed by atoms with Crippen molar-refractivity contribution in [3.63, 3.8) is 0 Å². The van der Waals surface area contributed by atoms with E-state index in [2.05, 4.69) is 109 Å². The number of aryl methyl sites for hydroxylation is 1. The number of hydrogen-bond donors (Lipinski definition) is 1. The third-order valence-electron chi connectivity index (χ3n) is 5.80. The van der Waals surface area contributed by atoms with Crippen molar-refractivity contribution < 1.29 is 0 Å². The van der Waals surface area contributed by atoms with Crippen LogP contribution in [-0.2, 0) is 0 Å². The standard InChI is InChI=1S/C32H27N3/c1-25-16-20-27(21-17-25)31-14-8-9-15-32(31)34-28-22-18-26(19-23-28)24-33-35(29-10-4-2-5-11-29)30-12-6-3-7-13-30/h2-24,34H,1H3/b33-24+. The number of hydrogen-bond acceptors (Lipinski definition) is 3. The quantitative estimate of drug-likeness (QED) is 0.197. The van der Waals surface area contributed by atoms with Crippen molar-refractivity contribution in [1.82, 2.24) is 0 Å². The van der Waals surface area contributed by atoms with E-state index >= 15 is 0 Å². The van der Waals surface area contributed by atoms with Crippen LogP contribution in [0.5, 0.6) is 0 Å². The van der Waals surface area contributed by atoms with E-state index < -0.39 is 0 Å². The van der Waals surface area contributed by atoms with Crippen LogP contribution in [0.4, 0.5) is 22.7 Å². The first-order valence-electron chi connectivity index (χ1n) is 11.7. The maximum Gasteiger partial charge on any atom is 0.0652 e. The number of hydrazone groups is 1. The molecule has 3 nitrogen and oxygen atoms in total. The molecule has 0 fully saturated rings. The molecule has 0 bridgehead atoms. The topological polar surface area (TPSA) is 27.6 Å². The van der Waals surface area contributed by atoms with Gasteiger partial charge in [0.05, 0.1) is 17.6 Å². The van der Waals surface area contributed by atoms with Gasteiger partial charge in [-0.05, 0) is 60.5 Å². The van der Waals surface area contributed by atoms with Gasteiger partial charge in [-0.15, -0.1) is 0 Å². The molecule has 0 aliphatic rings. The molecule has 5 aromatic carbocycles. The van der Waals surface area contributed by atoms with E-state index in [1.54, 1.807) is 0 Å². The van der Waals surface area contributed by atoms with Crippen LogP contribution in [0, 0.1) is 6.92 Å². The number of nitrogens with one attached hydrogen (secondary N) is 1. The Kier molecular flexibility index (Phi) is 6.67. The Morgan fingerprint density at radius 2 is 1.17 bits per heavy atom. The van der Waals surface area contributed by atoms with Gasteiger partial charge in [0.15, 0.2) is 0 Å². The van der Waals surface area contributed by atoms with Crippen molar-refractivity contribution in [3.8, 4) is 11.1 Å². The van der Waals surface area contributed by atoms with Crippen LogP contribution in [0.3, 0.4) is 0 Å². The maximum absolute atomic E-state index is 4.80. The van der Waals surface area contributed by atoms with Crippen LogP contribution >= 0.6 is 0 Å². The molecule has 0 saturated carbocycles. The fraction of sp³-hybridized carbons (Fsp3) is 0.0312. The molecular formula is C32H27N3. The minimum Gasteiger partial charge on any atom is -0.355 e. The fourth-order valence-electron chi connectivity index (χ4n) is 3.93. The van der Waals surface area contributed by atoms with Crippen LogP contribution in [0.2, 0.25) is 0 Å². The summed E-state index contributed by atoms with van der Waals surface area (Å²) < 4.78 is 0. The van der Waals surface area contributed by atoms with Crippen molar-refractivity contribution in [3.05, 3.63) is 145 Å². The summed E-state index contributed by atoms with van der Waals surface area (Å²) in [5, 5.41) is 10.3. The molecule has 0 spiro atoms. The Balaban J connectivity index is 1.35. The second kappa shape index (κ2) is 10.5. The van der Waals surface area contributed by atoms with E-state index in [0.717, 1.165) is 28.3 Å². The van der Waals surface area contributed by atoms with E-state index in [9.17, 15) is 0 Å². The van der Waals surface area contributed by atoms with Crippen molar-refractivity contribution in [2.24, 2.45) is 5.10 Å². The zero-order chi connectivity index (χ0) is 23.9. The maximum atomic E-state index is 4.80. The van der Waals surface area contributed by atoms with E-state index in [1.807, 2.05) is 47.6 Å². The lowest BCUT2D eigenvalue weighted by Gasteiger charge is -2.19. The van der Waals surface area contributed by atoms with Crippen molar-refractivity contribution in [2.45, 2.75) is 6.92 Å². The first-order chi connectivity index (χ1) is 17.3. The van der Waals surface area contributed by atoms with Gasteiger partial charge in [0.2, 0.25) is 0 Å². The van der Waals surface area contributed by atoms with Gasteiger partial charge in [0.1, 0.15) is 0 Å². The summed E-state index contributed by atoms with van der Waals surface area (Å²) in [7, 11) is 0. The second-order valence-corrected chi connectivity index (χ2v) is 8.39. The van der Waals surface area contributed by atoms with Gasteiger partial charge >= 0.3 is 0 Å². The fourth-order valence-corrected chi connectivity index (χ4v) is 3.93. The molecule has 0 unspecified atom stereocenters. The average molecular weight is 454 g/mol. The molecule has 5 rings (SSSR count). The van der Waals surface area contributed by atoms with Crippen molar-refractivity contribution >= 4 is 29.0 Å². The summed E-state index contributed by atoms with van der Waals surface area (Å²) >= 11 is 0. The highest BCUT2D eigenvalue weighted by Crippen LogP contribution is 2.30. The summed E-state index contributed by atoms with van der Waals surface area (Å²) in [6.45, 7) is 2.11. The predicted molar refractivity (Wildman–Crippen MR) is 149 cm³/mol. The molecule has 35 heavy (non-hydrogen) atoms. The monoisotopic (exact) mass is 453 g/mol. The summed E-state index contributed by atoms with van der Waals surface area (Å²) in [6.07, 6.45) is 1.89. The van der Waals surface area contributed by atoms with E-state index in [1.165, 1.54) is 16.7 Å². The van der Waals surface area contributed by atoms with Crippen LogP contribution < -0.4 is 10.3 Å². The van der Waals surface area contributed by atoms with Crippen LogP contribution in [-0.4, -0.2) is 6.21 Å². The molecule has 0 radical (unpaired) electrons. The largest absolute Gasteiger partial charge is 0.355 e. The molecular weight excluding hydrogens is 426 g/mol. The normalized spacial score (nSPS) is 10.9. The molecule has 3 heteroatoms. The summed E-state index contributed by atoms with van der Waals surface area (Å²) in [4.78, 5) is 0. The number of rotatable bonds is 7. The summed E-state index contributed by atoms with van der Waals surface area (Å²) in [6, 6.07) is 45.7. The summed E-state index contributed by atoms with van der Waals surface area (Å²) in [5.41, 5.74) is 8.81. The highest BCUT2D eigenvalue weighted by molar-refractivity contribution is 5.84. The zero-order valence-corrected chi connectivity index (χ0v) is 19.7. The van der Waals surface area contributed by atoms with Crippen molar-refractivity contribution in [1.29, 1.82) is 0 Å². The molecule has 0 amide bonds.